The lowest BCUT2D eigenvalue weighted by Gasteiger charge is -2.29. The van der Waals surface area contributed by atoms with Crippen molar-refractivity contribution in [1.29, 1.82) is 0 Å². The van der Waals surface area contributed by atoms with E-state index in [2.05, 4.69) is 49.1 Å². The largest absolute Gasteiger partial charge is 0.484 e. The second kappa shape index (κ2) is 11.6. The Morgan fingerprint density at radius 1 is 0.927 bits per heavy atom. The molecule has 0 aliphatic carbocycles. The van der Waals surface area contributed by atoms with Crippen LogP contribution in [0, 0.1) is 6.92 Å². The van der Waals surface area contributed by atoms with Gasteiger partial charge in [-0.15, -0.1) is 0 Å². The number of benzene rings is 2. The fourth-order valence-electron chi connectivity index (χ4n) is 5.13. The molecule has 1 fully saturated rings. The van der Waals surface area contributed by atoms with E-state index < -0.39 is 0 Å². The van der Waals surface area contributed by atoms with E-state index in [1.807, 2.05) is 91.1 Å². The van der Waals surface area contributed by atoms with Crippen molar-refractivity contribution in [3.63, 3.8) is 0 Å². The first-order chi connectivity index (χ1) is 20.1. The van der Waals surface area contributed by atoms with Crippen molar-refractivity contribution in [2.24, 2.45) is 0 Å². The van der Waals surface area contributed by atoms with Crippen molar-refractivity contribution in [3.8, 4) is 11.4 Å². The number of rotatable bonds is 8. The zero-order valence-corrected chi connectivity index (χ0v) is 23.2. The SMILES string of the molecule is Cc1ccc([C@@H]2[C@H](c3ccccn3)NC(=S)N2c2ccc(NC(=O)COc3ccccc3)cc2)n1-c1cccnc1. The van der Waals surface area contributed by atoms with E-state index in [-0.39, 0.29) is 24.6 Å². The molecule has 2 N–H and O–H groups in total. The molecule has 9 heteroatoms. The van der Waals surface area contributed by atoms with Gasteiger partial charge in [-0.1, -0.05) is 24.3 Å². The number of carbonyl (C=O) groups is 1. The van der Waals surface area contributed by atoms with Gasteiger partial charge in [-0.25, -0.2) is 0 Å². The maximum Gasteiger partial charge on any atom is 0.262 e. The first-order valence-electron chi connectivity index (χ1n) is 13.3. The first kappa shape index (κ1) is 26.2. The molecule has 1 saturated heterocycles. The minimum absolute atomic E-state index is 0.0790. The van der Waals surface area contributed by atoms with Crippen LogP contribution in [0.1, 0.15) is 29.2 Å². The highest BCUT2D eigenvalue weighted by atomic mass is 32.1. The van der Waals surface area contributed by atoms with E-state index in [4.69, 9.17) is 17.0 Å². The third kappa shape index (κ3) is 5.53. The second-order valence-corrected chi connectivity index (χ2v) is 10.0. The Hall–Kier alpha value is -5.02. The van der Waals surface area contributed by atoms with E-state index in [0.717, 1.165) is 28.5 Å². The molecule has 5 aromatic rings. The zero-order chi connectivity index (χ0) is 28.2. The van der Waals surface area contributed by atoms with Gasteiger partial charge >= 0.3 is 0 Å². The van der Waals surface area contributed by atoms with Crippen molar-refractivity contribution >= 4 is 34.6 Å². The molecule has 2 atom stereocenters. The van der Waals surface area contributed by atoms with Crippen molar-refractivity contribution in [1.82, 2.24) is 19.9 Å². The monoisotopic (exact) mass is 560 g/mol. The van der Waals surface area contributed by atoms with E-state index >= 15 is 0 Å². The minimum Gasteiger partial charge on any atom is -0.484 e. The van der Waals surface area contributed by atoms with Crippen LogP contribution in [0.3, 0.4) is 0 Å². The molecule has 0 unspecified atom stereocenters. The van der Waals surface area contributed by atoms with Crippen LogP contribution in [0.2, 0.25) is 0 Å². The number of para-hydroxylation sites is 1. The summed E-state index contributed by atoms with van der Waals surface area (Å²) >= 11 is 5.91. The lowest BCUT2D eigenvalue weighted by atomic mass is 10.0. The number of hydrogen-bond donors (Lipinski definition) is 2. The van der Waals surface area contributed by atoms with Crippen LogP contribution in [0.5, 0.6) is 5.75 Å². The Morgan fingerprint density at radius 2 is 1.73 bits per heavy atom. The third-order valence-electron chi connectivity index (χ3n) is 6.95. The molecule has 2 aromatic carbocycles. The summed E-state index contributed by atoms with van der Waals surface area (Å²) in [5.74, 6) is 0.408. The standard InChI is InChI=1S/C32H28N6O2S/c1-22-12-17-28(37(22)25-8-7-18-33-20-25)31-30(27-11-5-6-19-34-27)36-32(41)38(31)24-15-13-23(14-16-24)35-29(39)21-40-26-9-3-2-4-10-26/h2-20,30-31H,21H2,1H3,(H,35,39)(H,36,41)/t30-,31+/m0/s1. The normalized spacial score (nSPS) is 16.3. The minimum atomic E-state index is -0.238. The summed E-state index contributed by atoms with van der Waals surface area (Å²) in [4.78, 5) is 23.6. The van der Waals surface area contributed by atoms with Crippen LogP contribution in [0.25, 0.3) is 5.69 Å². The van der Waals surface area contributed by atoms with Crippen LogP contribution < -0.4 is 20.3 Å². The van der Waals surface area contributed by atoms with Gasteiger partial charge in [0.05, 0.1) is 23.6 Å². The van der Waals surface area contributed by atoms with E-state index in [9.17, 15) is 4.79 Å². The number of carbonyl (C=O) groups excluding carboxylic acids is 1. The Morgan fingerprint density at radius 3 is 2.46 bits per heavy atom. The quantitative estimate of drug-likeness (QED) is 0.233. The van der Waals surface area contributed by atoms with Crippen molar-refractivity contribution in [3.05, 3.63) is 133 Å². The molecular formula is C32H28N6O2S. The molecule has 6 rings (SSSR count). The number of aromatic nitrogens is 3. The average Bonchev–Trinajstić information content (AvgIpc) is 3.57. The Kier molecular flexibility index (Phi) is 7.42. The molecule has 0 bridgehead atoms. The van der Waals surface area contributed by atoms with Gasteiger partial charge in [0, 0.05) is 35.2 Å². The van der Waals surface area contributed by atoms with Gasteiger partial charge in [-0.05, 0) is 91.9 Å². The number of aryl methyl sites for hydroxylation is 1. The fourth-order valence-corrected chi connectivity index (χ4v) is 5.48. The van der Waals surface area contributed by atoms with Gasteiger partial charge in [0.15, 0.2) is 11.7 Å². The van der Waals surface area contributed by atoms with Crippen molar-refractivity contribution in [2.45, 2.75) is 19.0 Å². The molecule has 8 nitrogen and oxygen atoms in total. The number of amides is 1. The van der Waals surface area contributed by atoms with Gasteiger partial charge in [0.25, 0.3) is 5.91 Å². The number of pyridine rings is 2. The lowest BCUT2D eigenvalue weighted by molar-refractivity contribution is -0.118. The highest BCUT2D eigenvalue weighted by Gasteiger charge is 2.42. The molecule has 41 heavy (non-hydrogen) atoms. The van der Waals surface area contributed by atoms with E-state index in [1.165, 1.54) is 0 Å². The number of nitrogens with zero attached hydrogens (tertiary/aromatic N) is 4. The van der Waals surface area contributed by atoms with Crippen molar-refractivity contribution < 1.29 is 9.53 Å². The predicted octanol–water partition coefficient (Wildman–Crippen LogP) is 5.77. The number of ether oxygens (including phenoxy) is 1. The topological polar surface area (TPSA) is 84.3 Å². The van der Waals surface area contributed by atoms with Gasteiger partial charge in [-0.3, -0.25) is 14.8 Å². The highest BCUT2D eigenvalue weighted by molar-refractivity contribution is 7.80. The van der Waals surface area contributed by atoms with Crippen LogP contribution >= 0.6 is 12.2 Å². The molecule has 1 aliphatic rings. The first-order valence-corrected chi connectivity index (χ1v) is 13.7. The van der Waals surface area contributed by atoms with Crippen LogP contribution in [-0.4, -0.2) is 32.2 Å². The smallest absolute Gasteiger partial charge is 0.262 e. The van der Waals surface area contributed by atoms with Crippen LogP contribution in [0.4, 0.5) is 11.4 Å². The summed E-state index contributed by atoms with van der Waals surface area (Å²) < 4.78 is 7.77. The molecule has 0 spiro atoms. The average molecular weight is 561 g/mol. The lowest BCUT2D eigenvalue weighted by Crippen LogP contribution is -2.30. The molecule has 204 valence electrons. The molecule has 3 aromatic heterocycles. The van der Waals surface area contributed by atoms with Crippen LogP contribution in [0.15, 0.2) is 116 Å². The number of hydrogen-bond acceptors (Lipinski definition) is 5. The van der Waals surface area contributed by atoms with Crippen molar-refractivity contribution in [2.75, 3.05) is 16.8 Å². The van der Waals surface area contributed by atoms with Crippen LogP contribution in [-0.2, 0) is 4.79 Å². The maximum atomic E-state index is 12.5. The summed E-state index contributed by atoms with van der Waals surface area (Å²) in [6, 6.07) is 30.6. The number of anilines is 2. The van der Waals surface area contributed by atoms with Gasteiger partial charge in [0.2, 0.25) is 0 Å². The summed E-state index contributed by atoms with van der Waals surface area (Å²) in [5.41, 5.74) is 5.55. The number of thiocarbonyl (C=S) groups is 1. The Labute approximate surface area is 243 Å². The Bertz CT molecular complexity index is 1640. The molecule has 0 saturated carbocycles. The third-order valence-corrected chi connectivity index (χ3v) is 7.27. The molecule has 4 heterocycles. The molecule has 1 amide bonds. The Balaban J connectivity index is 1.30. The van der Waals surface area contributed by atoms with E-state index in [0.29, 0.717) is 16.5 Å². The highest BCUT2D eigenvalue weighted by Crippen LogP contribution is 2.42. The summed E-state index contributed by atoms with van der Waals surface area (Å²) in [6.07, 6.45) is 5.42. The molecular weight excluding hydrogens is 532 g/mol. The maximum absolute atomic E-state index is 12.5. The molecule has 0 radical (unpaired) electrons. The fraction of sp³-hybridized carbons (Fsp3) is 0.125. The number of nitrogens with one attached hydrogen (secondary N) is 2. The van der Waals surface area contributed by atoms with Gasteiger partial charge < -0.3 is 24.8 Å². The zero-order valence-electron chi connectivity index (χ0n) is 22.3. The van der Waals surface area contributed by atoms with Gasteiger partial charge in [-0.2, -0.15) is 0 Å². The molecule has 1 aliphatic heterocycles. The summed E-state index contributed by atoms with van der Waals surface area (Å²) in [5, 5.41) is 7.01. The summed E-state index contributed by atoms with van der Waals surface area (Å²) in [7, 11) is 0. The summed E-state index contributed by atoms with van der Waals surface area (Å²) in [6.45, 7) is 2.00. The second-order valence-electron chi connectivity index (χ2n) is 9.64. The van der Waals surface area contributed by atoms with Gasteiger partial charge in [0.1, 0.15) is 11.8 Å². The van der Waals surface area contributed by atoms with E-state index in [1.54, 1.807) is 12.4 Å². The predicted molar refractivity (Wildman–Crippen MR) is 163 cm³/mol.